The lowest BCUT2D eigenvalue weighted by Crippen LogP contribution is -2.25. The van der Waals surface area contributed by atoms with Crippen LogP contribution in [0.15, 0.2) is 22.9 Å². The molecule has 0 spiro atoms. The van der Waals surface area contributed by atoms with Gasteiger partial charge in [0.1, 0.15) is 11.4 Å². The summed E-state index contributed by atoms with van der Waals surface area (Å²) in [5, 5.41) is 13.7. The summed E-state index contributed by atoms with van der Waals surface area (Å²) < 4.78 is 10.8. The molecule has 0 aliphatic heterocycles. The van der Waals surface area contributed by atoms with E-state index in [0.29, 0.717) is 11.5 Å². The molecule has 3 rings (SSSR count). The van der Waals surface area contributed by atoms with Crippen molar-refractivity contribution in [1.29, 1.82) is 0 Å². The van der Waals surface area contributed by atoms with Gasteiger partial charge in [-0.3, -0.25) is 0 Å². The van der Waals surface area contributed by atoms with Crippen LogP contribution < -0.4 is 0 Å². The molecule has 0 atom stereocenters. The van der Waals surface area contributed by atoms with Gasteiger partial charge in [0.05, 0.1) is 0 Å². The van der Waals surface area contributed by atoms with E-state index in [4.69, 9.17) is 9.26 Å². The Morgan fingerprint density at radius 2 is 2.16 bits per heavy atom. The lowest BCUT2D eigenvalue weighted by molar-refractivity contribution is -0.0178. The van der Waals surface area contributed by atoms with E-state index in [2.05, 4.69) is 15.1 Å². The van der Waals surface area contributed by atoms with Crippen LogP contribution in [-0.2, 0) is 10.3 Å². The van der Waals surface area contributed by atoms with Gasteiger partial charge in [-0.05, 0) is 37.8 Å². The first-order valence-electron chi connectivity index (χ1n) is 6.29. The molecule has 2 aromatic heterocycles. The zero-order valence-electron chi connectivity index (χ0n) is 10.7. The Hall–Kier alpha value is -1.95. The van der Waals surface area contributed by atoms with Crippen LogP contribution in [0, 0.1) is 0 Å². The molecule has 0 saturated heterocycles. The van der Waals surface area contributed by atoms with Gasteiger partial charge in [0.2, 0.25) is 5.82 Å². The molecule has 1 N–H and O–H groups in total. The topological polar surface area (TPSA) is 81.3 Å². The number of pyridine rings is 1. The maximum absolute atomic E-state index is 9.74. The van der Waals surface area contributed by atoms with E-state index in [1.54, 1.807) is 19.4 Å². The number of rotatable bonds is 3. The normalized spacial score (nSPS) is 17.7. The Labute approximate surface area is 110 Å². The van der Waals surface area contributed by atoms with Gasteiger partial charge < -0.3 is 14.4 Å². The molecule has 1 fully saturated rings. The van der Waals surface area contributed by atoms with Crippen molar-refractivity contribution in [2.45, 2.75) is 31.3 Å². The Balaban J connectivity index is 1.98. The molecule has 2 aromatic rings. The zero-order chi connectivity index (χ0) is 13.3. The number of aromatic nitrogens is 3. The van der Waals surface area contributed by atoms with E-state index in [-0.39, 0.29) is 11.6 Å². The number of aromatic hydroxyl groups is 1. The van der Waals surface area contributed by atoms with Crippen molar-refractivity contribution < 1.29 is 14.4 Å². The summed E-state index contributed by atoms with van der Waals surface area (Å²) >= 11 is 0. The fraction of sp³-hybridized carbons (Fsp3) is 0.462. The van der Waals surface area contributed by atoms with E-state index in [9.17, 15) is 5.11 Å². The first kappa shape index (κ1) is 12.1. The molecule has 0 bridgehead atoms. The van der Waals surface area contributed by atoms with Crippen LogP contribution >= 0.6 is 0 Å². The lowest BCUT2D eigenvalue weighted by Gasteiger charge is -2.22. The van der Waals surface area contributed by atoms with Gasteiger partial charge in [0, 0.05) is 13.3 Å². The molecule has 100 valence electrons. The quantitative estimate of drug-likeness (QED) is 0.912. The van der Waals surface area contributed by atoms with Gasteiger partial charge in [0.25, 0.3) is 5.89 Å². The van der Waals surface area contributed by atoms with Crippen molar-refractivity contribution in [3.8, 4) is 17.3 Å². The maximum atomic E-state index is 9.74. The van der Waals surface area contributed by atoms with Crippen molar-refractivity contribution in [2.75, 3.05) is 7.11 Å². The molecule has 0 unspecified atom stereocenters. The summed E-state index contributed by atoms with van der Waals surface area (Å²) in [4.78, 5) is 8.39. The Morgan fingerprint density at radius 1 is 1.37 bits per heavy atom. The van der Waals surface area contributed by atoms with Crippen LogP contribution in [0.2, 0.25) is 0 Å². The first-order chi connectivity index (χ1) is 9.25. The zero-order valence-corrected chi connectivity index (χ0v) is 10.7. The molecule has 1 aliphatic rings. The second-order valence-electron chi connectivity index (χ2n) is 4.70. The summed E-state index contributed by atoms with van der Waals surface area (Å²) in [7, 11) is 1.67. The number of hydrogen-bond donors (Lipinski definition) is 1. The number of hydrogen-bond acceptors (Lipinski definition) is 6. The van der Waals surface area contributed by atoms with Crippen LogP contribution in [0.25, 0.3) is 11.6 Å². The van der Waals surface area contributed by atoms with Gasteiger partial charge in [-0.25, -0.2) is 4.98 Å². The van der Waals surface area contributed by atoms with Crippen molar-refractivity contribution in [1.82, 2.24) is 15.1 Å². The fourth-order valence-corrected chi connectivity index (χ4v) is 2.53. The largest absolute Gasteiger partial charge is 0.505 e. The number of ether oxygens (including phenoxy) is 1. The summed E-state index contributed by atoms with van der Waals surface area (Å²) in [5.74, 6) is 0.777. The minimum atomic E-state index is -0.452. The van der Waals surface area contributed by atoms with Gasteiger partial charge in [0.15, 0.2) is 5.69 Å². The third-order valence-corrected chi connectivity index (χ3v) is 3.62. The minimum Gasteiger partial charge on any atom is -0.505 e. The Kier molecular flexibility index (Phi) is 2.94. The minimum absolute atomic E-state index is 0.0237. The Morgan fingerprint density at radius 3 is 2.84 bits per heavy atom. The van der Waals surface area contributed by atoms with Gasteiger partial charge in [-0.15, -0.1) is 0 Å². The smallest absolute Gasteiger partial charge is 0.280 e. The molecule has 6 nitrogen and oxygen atoms in total. The van der Waals surface area contributed by atoms with Crippen molar-refractivity contribution in [3.63, 3.8) is 0 Å². The highest BCUT2D eigenvalue weighted by Crippen LogP contribution is 2.40. The molecular formula is C13H15N3O3. The van der Waals surface area contributed by atoms with E-state index in [0.717, 1.165) is 25.7 Å². The predicted molar refractivity (Wildman–Crippen MR) is 66.3 cm³/mol. The van der Waals surface area contributed by atoms with Gasteiger partial charge in [-0.1, -0.05) is 5.16 Å². The van der Waals surface area contributed by atoms with Gasteiger partial charge >= 0.3 is 0 Å². The van der Waals surface area contributed by atoms with E-state index < -0.39 is 5.60 Å². The summed E-state index contributed by atoms with van der Waals surface area (Å²) in [6, 6.07) is 3.18. The average molecular weight is 261 g/mol. The van der Waals surface area contributed by atoms with Crippen molar-refractivity contribution >= 4 is 0 Å². The molecular weight excluding hydrogens is 246 g/mol. The molecule has 2 heterocycles. The molecule has 1 saturated carbocycles. The first-order valence-corrected chi connectivity index (χ1v) is 6.29. The van der Waals surface area contributed by atoms with Crippen LogP contribution in [0.3, 0.4) is 0 Å². The monoisotopic (exact) mass is 261 g/mol. The summed E-state index contributed by atoms with van der Waals surface area (Å²) in [6.07, 6.45) is 5.52. The molecule has 0 radical (unpaired) electrons. The molecule has 6 heteroatoms. The third-order valence-electron chi connectivity index (χ3n) is 3.62. The molecule has 0 amide bonds. The van der Waals surface area contributed by atoms with Crippen LogP contribution in [-0.4, -0.2) is 27.3 Å². The summed E-state index contributed by atoms with van der Waals surface area (Å²) in [6.45, 7) is 0. The van der Waals surface area contributed by atoms with E-state index in [1.807, 2.05) is 0 Å². The maximum Gasteiger partial charge on any atom is 0.280 e. The van der Waals surface area contributed by atoms with Gasteiger partial charge in [-0.2, -0.15) is 4.98 Å². The molecule has 1 aliphatic carbocycles. The average Bonchev–Trinajstić information content (AvgIpc) is 3.09. The molecule has 19 heavy (non-hydrogen) atoms. The summed E-state index contributed by atoms with van der Waals surface area (Å²) in [5.41, 5.74) is -0.155. The fourth-order valence-electron chi connectivity index (χ4n) is 2.53. The highest BCUT2D eigenvalue weighted by atomic mass is 16.5. The SMILES string of the molecule is COC1(c2noc(-c3ncccc3O)n2)CCCC1. The van der Waals surface area contributed by atoms with Crippen LogP contribution in [0.4, 0.5) is 0 Å². The van der Waals surface area contributed by atoms with Crippen LogP contribution in [0.1, 0.15) is 31.5 Å². The third kappa shape index (κ3) is 1.98. The predicted octanol–water partition coefficient (Wildman–Crippen LogP) is 2.25. The lowest BCUT2D eigenvalue weighted by atomic mass is 10.0. The number of methoxy groups -OCH3 is 1. The second kappa shape index (κ2) is 4.62. The van der Waals surface area contributed by atoms with E-state index in [1.165, 1.54) is 6.07 Å². The highest BCUT2D eigenvalue weighted by molar-refractivity contribution is 5.55. The standard InChI is InChI=1S/C13H15N3O3/c1-18-13(6-2-3-7-13)12-15-11(19-16-12)10-9(17)5-4-8-14-10/h4-5,8,17H,2-3,6-7H2,1H3. The van der Waals surface area contributed by atoms with Crippen LogP contribution in [0.5, 0.6) is 5.75 Å². The molecule has 0 aromatic carbocycles. The van der Waals surface area contributed by atoms with Crippen molar-refractivity contribution in [2.24, 2.45) is 0 Å². The van der Waals surface area contributed by atoms with Crippen molar-refractivity contribution in [3.05, 3.63) is 24.2 Å². The highest BCUT2D eigenvalue weighted by Gasteiger charge is 2.40. The Bertz CT molecular complexity index is 576. The number of nitrogens with zero attached hydrogens (tertiary/aromatic N) is 3. The second-order valence-corrected chi connectivity index (χ2v) is 4.70. The van der Waals surface area contributed by atoms with E-state index >= 15 is 0 Å².